The van der Waals surface area contributed by atoms with Gasteiger partial charge in [-0.05, 0) is 49.9 Å². The summed E-state index contributed by atoms with van der Waals surface area (Å²) in [6.07, 6.45) is 11.0. The van der Waals surface area contributed by atoms with Crippen LogP contribution in [0.15, 0.2) is 11.6 Å². The van der Waals surface area contributed by atoms with Gasteiger partial charge in [0.1, 0.15) is 0 Å². The molecule has 0 N–H and O–H groups in total. The van der Waals surface area contributed by atoms with E-state index in [0.717, 1.165) is 11.8 Å². The summed E-state index contributed by atoms with van der Waals surface area (Å²) in [6.45, 7) is 9.34. The monoisotopic (exact) mass is 192 g/mol. The van der Waals surface area contributed by atoms with Gasteiger partial charge in [0.25, 0.3) is 0 Å². The van der Waals surface area contributed by atoms with Crippen molar-refractivity contribution in [2.75, 3.05) is 0 Å². The Kier molecular flexibility index (Phi) is 4.71. The lowest BCUT2D eigenvalue weighted by molar-refractivity contribution is 0.329. The molecule has 2 atom stereocenters. The molecule has 0 heterocycles. The number of allylic oxidation sites excluding steroid dienone is 2. The maximum Gasteiger partial charge on any atom is -0.0106 e. The van der Waals surface area contributed by atoms with Crippen LogP contribution in [0.4, 0.5) is 0 Å². The van der Waals surface area contributed by atoms with Crippen molar-refractivity contribution in [1.29, 1.82) is 0 Å². The molecule has 0 spiro atoms. The lowest BCUT2D eigenvalue weighted by Crippen LogP contribution is -2.16. The standard InChI is InChI=1S/C14H24/c1-11(2)13(4)12(3)10-14-8-6-5-7-9-14/h6,9-13H,5,7-8H2,1-4H3. The van der Waals surface area contributed by atoms with Crippen LogP contribution >= 0.6 is 0 Å². The summed E-state index contributed by atoms with van der Waals surface area (Å²) < 4.78 is 0. The fraction of sp³-hybridized carbons (Fsp3) is 0.714. The van der Waals surface area contributed by atoms with Crippen LogP contribution in [0.25, 0.3) is 0 Å². The summed E-state index contributed by atoms with van der Waals surface area (Å²) in [4.78, 5) is 0. The zero-order chi connectivity index (χ0) is 10.6. The molecule has 0 aromatic carbocycles. The van der Waals surface area contributed by atoms with Crippen molar-refractivity contribution in [1.82, 2.24) is 0 Å². The van der Waals surface area contributed by atoms with E-state index in [0.29, 0.717) is 5.92 Å². The topological polar surface area (TPSA) is 0 Å². The molecular formula is C14H24. The molecule has 1 aliphatic carbocycles. The lowest BCUT2D eigenvalue weighted by Gasteiger charge is -2.25. The first-order chi connectivity index (χ1) is 6.61. The van der Waals surface area contributed by atoms with E-state index >= 15 is 0 Å². The van der Waals surface area contributed by atoms with Crippen LogP contribution < -0.4 is 0 Å². The van der Waals surface area contributed by atoms with E-state index in [1.54, 1.807) is 5.57 Å². The van der Waals surface area contributed by atoms with Crippen molar-refractivity contribution < 1.29 is 0 Å². The molecule has 0 heteroatoms. The first-order valence-corrected chi connectivity index (χ1v) is 5.97. The highest BCUT2D eigenvalue weighted by atomic mass is 14.2. The van der Waals surface area contributed by atoms with Crippen molar-refractivity contribution in [3.63, 3.8) is 0 Å². The van der Waals surface area contributed by atoms with Crippen LogP contribution in [0.3, 0.4) is 0 Å². The summed E-state index contributed by atoms with van der Waals surface area (Å²) >= 11 is 0. The van der Waals surface area contributed by atoms with Crippen LogP contribution in [0.5, 0.6) is 0 Å². The van der Waals surface area contributed by atoms with E-state index in [1.165, 1.54) is 19.3 Å². The summed E-state index contributed by atoms with van der Waals surface area (Å²) in [6, 6.07) is 0. The van der Waals surface area contributed by atoms with Gasteiger partial charge in [0.2, 0.25) is 0 Å². The SMILES string of the molecule is CC(C)C(C)C(C)[CH]C1=CCC[CH]C1. The van der Waals surface area contributed by atoms with Gasteiger partial charge in [-0.15, -0.1) is 0 Å². The van der Waals surface area contributed by atoms with Crippen LogP contribution in [0.2, 0.25) is 0 Å². The van der Waals surface area contributed by atoms with Gasteiger partial charge in [0.05, 0.1) is 0 Å². The molecule has 0 amide bonds. The minimum Gasteiger partial charge on any atom is -0.0850 e. The second-order valence-corrected chi connectivity index (χ2v) is 4.98. The highest BCUT2D eigenvalue weighted by Gasteiger charge is 2.17. The van der Waals surface area contributed by atoms with E-state index in [9.17, 15) is 0 Å². The Morgan fingerprint density at radius 3 is 2.36 bits per heavy atom. The zero-order valence-electron chi connectivity index (χ0n) is 10.1. The van der Waals surface area contributed by atoms with Crippen LogP contribution in [0.1, 0.15) is 47.0 Å². The molecule has 0 saturated carbocycles. The van der Waals surface area contributed by atoms with Gasteiger partial charge in [-0.25, -0.2) is 0 Å². The van der Waals surface area contributed by atoms with Gasteiger partial charge < -0.3 is 0 Å². The summed E-state index contributed by atoms with van der Waals surface area (Å²) in [5.41, 5.74) is 1.55. The van der Waals surface area contributed by atoms with Crippen molar-refractivity contribution in [3.05, 3.63) is 24.5 Å². The van der Waals surface area contributed by atoms with E-state index in [2.05, 4.69) is 46.6 Å². The van der Waals surface area contributed by atoms with Crippen molar-refractivity contribution in [3.8, 4) is 0 Å². The molecule has 0 nitrogen and oxygen atoms in total. The van der Waals surface area contributed by atoms with Gasteiger partial charge in [-0.1, -0.05) is 39.3 Å². The largest absolute Gasteiger partial charge is 0.0850 e. The van der Waals surface area contributed by atoms with Gasteiger partial charge in [0, 0.05) is 0 Å². The summed E-state index contributed by atoms with van der Waals surface area (Å²) in [7, 11) is 0. The lowest BCUT2D eigenvalue weighted by atomic mass is 9.81. The number of hydrogen-bond acceptors (Lipinski definition) is 0. The molecule has 2 radical (unpaired) electrons. The molecule has 2 unspecified atom stereocenters. The first-order valence-electron chi connectivity index (χ1n) is 5.97. The van der Waals surface area contributed by atoms with Gasteiger partial charge in [0.15, 0.2) is 0 Å². The summed E-state index contributed by atoms with van der Waals surface area (Å²) in [5.74, 6) is 2.29. The van der Waals surface area contributed by atoms with Crippen molar-refractivity contribution in [2.45, 2.75) is 47.0 Å². The second kappa shape index (κ2) is 5.58. The third-order valence-electron chi connectivity index (χ3n) is 3.52. The fourth-order valence-corrected chi connectivity index (χ4v) is 1.97. The molecule has 1 aliphatic rings. The molecular weight excluding hydrogens is 168 g/mol. The molecule has 0 aromatic rings. The second-order valence-electron chi connectivity index (χ2n) is 4.98. The maximum atomic E-state index is 2.47. The number of rotatable bonds is 4. The average molecular weight is 192 g/mol. The highest BCUT2D eigenvalue weighted by molar-refractivity contribution is 5.19. The van der Waals surface area contributed by atoms with E-state index in [1.807, 2.05) is 0 Å². The fourth-order valence-electron chi connectivity index (χ4n) is 1.97. The van der Waals surface area contributed by atoms with Crippen LogP contribution in [-0.2, 0) is 0 Å². The molecule has 14 heavy (non-hydrogen) atoms. The van der Waals surface area contributed by atoms with Gasteiger partial charge in [-0.3, -0.25) is 0 Å². The molecule has 0 saturated heterocycles. The van der Waals surface area contributed by atoms with Crippen LogP contribution in [0, 0.1) is 30.6 Å². The van der Waals surface area contributed by atoms with E-state index in [-0.39, 0.29) is 0 Å². The van der Waals surface area contributed by atoms with Crippen molar-refractivity contribution in [2.24, 2.45) is 17.8 Å². The smallest absolute Gasteiger partial charge is 0.0106 e. The zero-order valence-corrected chi connectivity index (χ0v) is 10.1. The molecule has 0 aromatic heterocycles. The summed E-state index contributed by atoms with van der Waals surface area (Å²) in [5, 5.41) is 0. The molecule has 0 bridgehead atoms. The average Bonchev–Trinajstić information content (AvgIpc) is 2.18. The first kappa shape index (κ1) is 11.8. The van der Waals surface area contributed by atoms with Gasteiger partial charge in [-0.2, -0.15) is 0 Å². The van der Waals surface area contributed by atoms with E-state index in [4.69, 9.17) is 0 Å². The molecule has 1 rings (SSSR count). The molecule has 0 aliphatic heterocycles. The quantitative estimate of drug-likeness (QED) is 0.618. The molecule has 0 fully saturated rings. The van der Waals surface area contributed by atoms with Crippen molar-refractivity contribution >= 4 is 0 Å². The minimum atomic E-state index is 0.716. The Labute approximate surface area is 89.8 Å². The van der Waals surface area contributed by atoms with Crippen LogP contribution in [-0.4, -0.2) is 0 Å². The predicted octanol–water partition coefficient (Wildman–Crippen LogP) is 4.43. The Morgan fingerprint density at radius 1 is 1.14 bits per heavy atom. The van der Waals surface area contributed by atoms with Gasteiger partial charge >= 0.3 is 0 Å². The third-order valence-corrected chi connectivity index (χ3v) is 3.52. The number of hydrogen-bond donors (Lipinski definition) is 0. The minimum absolute atomic E-state index is 0.716. The predicted molar refractivity (Wildman–Crippen MR) is 63.7 cm³/mol. The Balaban J connectivity index is 2.39. The Bertz CT molecular complexity index is 188. The maximum absolute atomic E-state index is 2.47. The Morgan fingerprint density at radius 2 is 1.86 bits per heavy atom. The molecule has 80 valence electrons. The van der Waals surface area contributed by atoms with E-state index < -0.39 is 0 Å². The normalized spacial score (nSPS) is 21.9. The third kappa shape index (κ3) is 3.48. The Hall–Kier alpha value is -0.260. The highest BCUT2D eigenvalue weighted by Crippen LogP contribution is 2.28.